The summed E-state index contributed by atoms with van der Waals surface area (Å²) < 4.78 is 0. The van der Waals surface area contributed by atoms with Gasteiger partial charge in [0.1, 0.15) is 0 Å². The molecule has 1 rings (SSSR count). The van der Waals surface area contributed by atoms with Crippen molar-refractivity contribution in [3.63, 3.8) is 0 Å². The van der Waals surface area contributed by atoms with Crippen molar-refractivity contribution in [3.8, 4) is 6.07 Å². The van der Waals surface area contributed by atoms with Crippen LogP contribution >= 0.6 is 0 Å². The van der Waals surface area contributed by atoms with E-state index in [2.05, 4.69) is 43.3 Å². The van der Waals surface area contributed by atoms with Crippen molar-refractivity contribution in [2.24, 2.45) is 0 Å². The Morgan fingerprint density at radius 2 is 1.24 bits per heavy atom. The molecule has 1 nitrogen and oxygen atoms in total. The van der Waals surface area contributed by atoms with E-state index in [9.17, 15) is 0 Å². The van der Waals surface area contributed by atoms with Crippen molar-refractivity contribution >= 4 is 0 Å². The Morgan fingerprint density at radius 3 is 1.80 bits per heavy atom. The largest absolute Gasteiger partial charge is 0.198 e. The molecule has 0 heterocycles. The van der Waals surface area contributed by atoms with E-state index in [-0.39, 0.29) is 0 Å². The summed E-state index contributed by atoms with van der Waals surface area (Å²) in [6.07, 6.45) is 19.5. The van der Waals surface area contributed by atoms with Crippen LogP contribution in [0, 0.1) is 11.3 Å². The van der Waals surface area contributed by atoms with Crippen LogP contribution in [0.2, 0.25) is 0 Å². The molecule has 0 aliphatic rings. The summed E-state index contributed by atoms with van der Waals surface area (Å²) >= 11 is 0. The Labute approximate surface area is 156 Å². The molecule has 0 saturated carbocycles. The molecule has 140 valence electrons. The van der Waals surface area contributed by atoms with E-state index in [1.54, 1.807) is 5.56 Å². The average molecular weight is 342 g/mol. The minimum atomic E-state index is 0.730. The molecule has 0 fully saturated rings. The molecule has 1 aromatic rings. The van der Waals surface area contributed by atoms with Gasteiger partial charge in [0.05, 0.1) is 6.07 Å². The zero-order chi connectivity index (χ0) is 18.0. The highest BCUT2D eigenvalue weighted by Gasteiger charge is 2.10. The fourth-order valence-electron chi connectivity index (χ4n) is 3.68. The zero-order valence-corrected chi connectivity index (χ0v) is 16.5. The van der Waals surface area contributed by atoms with Crippen LogP contribution in [0.25, 0.3) is 0 Å². The lowest BCUT2D eigenvalue weighted by Crippen LogP contribution is -1.99. The van der Waals surface area contributed by atoms with Gasteiger partial charge >= 0.3 is 0 Å². The zero-order valence-electron chi connectivity index (χ0n) is 16.5. The highest BCUT2D eigenvalue weighted by molar-refractivity contribution is 5.19. The third kappa shape index (κ3) is 11.8. The molecular formula is C24H39N. The summed E-state index contributed by atoms with van der Waals surface area (Å²) in [5.74, 6) is 0.756. The van der Waals surface area contributed by atoms with Crippen molar-refractivity contribution in [3.05, 3.63) is 35.9 Å². The van der Waals surface area contributed by atoms with Crippen molar-refractivity contribution in [2.75, 3.05) is 0 Å². The number of hydrogen-bond donors (Lipinski definition) is 0. The smallest absolute Gasteiger partial charge is 0.0621 e. The molecule has 1 atom stereocenters. The lowest BCUT2D eigenvalue weighted by molar-refractivity contribution is 0.486. The highest BCUT2D eigenvalue weighted by atomic mass is 14.2. The SMILES string of the molecule is CCCCCCCC[C@H](CCCCCCCCC#N)c1ccccc1. The maximum absolute atomic E-state index is 8.56. The minimum Gasteiger partial charge on any atom is -0.198 e. The van der Waals surface area contributed by atoms with Crippen LogP contribution in [0.15, 0.2) is 30.3 Å². The molecule has 1 aromatic carbocycles. The summed E-state index contributed by atoms with van der Waals surface area (Å²) in [4.78, 5) is 0. The van der Waals surface area contributed by atoms with E-state index >= 15 is 0 Å². The number of hydrogen-bond acceptors (Lipinski definition) is 1. The second-order valence-electron chi connectivity index (χ2n) is 7.48. The van der Waals surface area contributed by atoms with Crippen molar-refractivity contribution < 1.29 is 0 Å². The van der Waals surface area contributed by atoms with E-state index in [1.807, 2.05) is 0 Å². The molecular weight excluding hydrogens is 302 g/mol. The number of rotatable bonds is 16. The fourth-order valence-corrected chi connectivity index (χ4v) is 3.68. The molecule has 0 aromatic heterocycles. The van der Waals surface area contributed by atoms with Gasteiger partial charge in [0, 0.05) is 6.42 Å². The van der Waals surface area contributed by atoms with E-state index in [4.69, 9.17) is 5.26 Å². The van der Waals surface area contributed by atoms with E-state index in [0.717, 1.165) is 18.8 Å². The van der Waals surface area contributed by atoms with Gasteiger partial charge in [0.2, 0.25) is 0 Å². The number of unbranched alkanes of at least 4 members (excludes halogenated alkanes) is 11. The Balaban J connectivity index is 2.22. The predicted octanol–water partition coefficient (Wildman–Crippen LogP) is 8.17. The van der Waals surface area contributed by atoms with Crippen molar-refractivity contribution in [1.29, 1.82) is 5.26 Å². The van der Waals surface area contributed by atoms with Crippen LogP contribution in [0.4, 0.5) is 0 Å². The van der Waals surface area contributed by atoms with Crippen LogP contribution in [-0.4, -0.2) is 0 Å². The molecule has 0 spiro atoms. The second kappa shape index (κ2) is 16.2. The Morgan fingerprint density at radius 1 is 0.720 bits per heavy atom. The van der Waals surface area contributed by atoms with Gasteiger partial charge in [-0.15, -0.1) is 0 Å². The summed E-state index contributed by atoms with van der Waals surface area (Å²) in [7, 11) is 0. The lowest BCUT2D eigenvalue weighted by atomic mass is 9.88. The molecule has 0 bridgehead atoms. The van der Waals surface area contributed by atoms with Crippen LogP contribution < -0.4 is 0 Å². The van der Waals surface area contributed by atoms with Crippen LogP contribution in [0.3, 0.4) is 0 Å². The summed E-state index contributed by atoms with van der Waals surface area (Å²) in [6.45, 7) is 2.29. The first-order chi connectivity index (χ1) is 12.4. The second-order valence-corrected chi connectivity index (χ2v) is 7.48. The number of nitriles is 1. The van der Waals surface area contributed by atoms with Crippen LogP contribution in [0.5, 0.6) is 0 Å². The van der Waals surface area contributed by atoms with Crippen molar-refractivity contribution in [1.82, 2.24) is 0 Å². The summed E-state index contributed by atoms with van der Waals surface area (Å²) in [5, 5.41) is 8.56. The summed E-state index contributed by atoms with van der Waals surface area (Å²) in [5.41, 5.74) is 1.55. The Bertz CT molecular complexity index is 431. The summed E-state index contributed by atoms with van der Waals surface area (Å²) in [6, 6.07) is 13.4. The molecule has 1 heteroatoms. The normalized spacial score (nSPS) is 12.0. The first kappa shape index (κ1) is 21.8. The van der Waals surface area contributed by atoms with Gasteiger partial charge in [-0.05, 0) is 30.7 Å². The van der Waals surface area contributed by atoms with Gasteiger partial charge in [0.25, 0.3) is 0 Å². The van der Waals surface area contributed by atoms with Gasteiger partial charge < -0.3 is 0 Å². The lowest BCUT2D eigenvalue weighted by Gasteiger charge is -2.17. The van der Waals surface area contributed by atoms with Crippen LogP contribution in [-0.2, 0) is 0 Å². The number of nitrogens with zero attached hydrogens (tertiary/aromatic N) is 1. The number of benzene rings is 1. The van der Waals surface area contributed by atoms with E-state index in [0.29, 0.717) is 0 Å². The van der Waals surface area contributed by atoms with Gasteiger partial charge in [-0.25, -0.2) is 0 Å². The average Bonchev–Trinajstić information content (AvgIpc) is 2.65. The first-order valence-corrected chi connectivity index (χ1v) is 10.8. The van der Waals surface area contributed by atoms with Gasteiger partial charge in [0.15, 0.2) is 0 Å². The predicted molar refractivity (Wildman–Crippen MR) is 110 cm³/mol. The third-order valence-corrected chi connectivity index (χ3v) is 5.27. The topological polar surface area (TPSA) is 23.8 Å². The monoisotopic (exact) mass is 341 g/mol. The highest BCUT2D eigenvalue weighted by Crippen LogP contribution is 2.28. The Hall–Kier alpha value is -1.29. The van der Waals surface area contributed by atoms with Crippen LogP contribution in [0.1, 0.15) is 115 Å². The maximum Gasteiger partial charge on any atom is 0.0621 e. The molecule has 0 unspecified atom stereocenters. The standard InChI is InChI=1S/C24H39N/c1-2-3-4-5-9-13-18-23(24-20-15-12-16-21-24)19-14-10-7-6-8-11-17-22-25/h12,15-16,20-21,23H,2-11,13-14,17-19H2,1H3/t23-/m1/s1. The minimum absolute atomic E-state index is 0.730. The van der Waals surface area contributed by atoms with Gasteiger partial charge in [-0.1, -0.05) is 108 Å². The van der Waals surface area contributed by atoms with Gasteiger partial charge in [-0.3, -0.25) is 0 Å². The molecule has 0 N–H and O–H groups in total. The van der Waals surface area contributed by atoms with E-state index in [1.165, 1.54) is 83.5 Å². The third-order valence-electron chi connectivity index (χ3n) is 5.27. The molecule has 0 saturated heterocycles. The fraction of sp³-hybridized carbons (Fsp3) is 0.708. The molecule has 0 aliphatic carbocycles. The maximum atomic E-state index is 8.56. The quantitative estimate of drug-likeness (QED) is 0.278. The first-order valence-electron chi connectivity index (χ1n) is 10.8. The molecule has 25 heavy (non-hydrogen) atoms. The van der Waals surface area contributed by atoms with Gasteiger partial charge in [-0.2, -0.15) is 5.26 Å². The molecule has 0 radical (unpaired) electrons. The van der Waals surface area contributed by atoms with Crippen molar-refractivity contribution in [2.45, 2.75) is 109 Å². The Kier molecular flexibility index (Phi) is 14.1. The molecule has 0 amide bonds. The molecule has 0 aliphatic heterocycles. The van der Waals surface area contributed by atoms with E-state index < -0.39 is 0 Å².